The Kier molecular flexibility index (Phi) is 6.53. The molecular weight excluding hydrogens is 396 g/mol. The summed E-state index contributed by atoms with van der Waals surface area (Å²) in [7, 11) is -2.34. The van der Waals surface area contributed by atoms with Gasteiger partial charge in [0, 0.05) is 29.8 Å². The number of benzene rings is 2. The van der Waals surface area contributed by atoms with Crippen molar-refractivity contribution in [2.75, 3.05) is 25.1 Å². The zero-order valence-corrected chi connectivity index (χ0v) is 18.1. The van der Waals surface area contributed by atoms with Crippen molar-refractivity contribution in [3.63, 3.8) is 0 Å². The average Bonchev–Trinajstić information content (AvgIpc) is 2.68. The molecule has 1 heterocycles. The van der Waals surface area contributed by atoms with Crippen LogP contribution in [0, 0.1) is 5.92 Å². The van der Waals surface area contributed by atoms with Gasteiger partial charge in [-0.15, -0.1) is 0 Å². The largest absolute Gasteiger partial charge is 0.495 e. The number of nitrogens with one attached hydrogen (secondary N) is 1. The fourth-order valence-corrected chi connectivity index (χ4v) is 5.29. The van der Waals surface area contributed by atoms with Crippen LogP contribution in [0.5, 0.6) is 5.75 Å². The smallest absolute Gasteiger partial charge is 0.244 e. The number of sulfonamides is 1. The van der Waals surface area contributed by atoms with Gasteiger partial charge in [0.25, 0.3) is 0 Å². The number of rotatable bonds is 6. The molecule has 0 spiro atoms. The van der Waals surface area contributed by atoms with E-state index in [2.05, 4.69) is 28.7 Å². The summed E-state index contributed by atoms with van der Waals surface area (Å²) in [4.78, 5) is 2.43. The lowest BCUT2D eigenvalue weighted by atomic mass is 9.99. The van der Waals surface area contributed by atoms with Crippen LogP contribution in [0.1, 0.15) is 38.3 Å². The van der Waals surface area contributed by atoms with Gasteiger partial charge in [-0.05, 0) is 61.6 Å². The van der Waals surface area contributed by atoms with Crippen LogP contribution in [0.4, 0.5) is 5.69 Å². The minimum atomic E-state index is -3.78. The Balaban J connectivity index is 1.75. The lowest BCUT2D eigenvalue weighted by Crippen LogP contribution is -2.34. The number of hydrogen-bond donors (Lipinski definition) is 1. The van der Waals surface area contributed by atoms with Crippen LogP contribution in [0.2, 0.25) is 5.02 Å². The molecule has 0 aromatic heterocycles. The van der Waals surface area contributed by atoms with Gasteiger partial charge in [0.05, 0.1) is 7.11 Å². The predicted octanol–water partition coefficient (Wildman–Crippen LogP) is 4.62. The van der Waals surface area contributed by atoms with Gasteiger partial charge in [-0.3, -0.25) is 0 Å². The molecule has 2 aromatic rings. The number of anilines is 1. The summed E-state index contributed by atoms with van der Waals surface area (Å²) in [5.74, 6) is 0.963. The highest BCUT2D eigenvalue weighted by Gasteiger charge is 2.23. The Morgan fingerprint density at radius 1 is 1.21 bits per heavy atom. The first-order chi connectivity index (χ1) is 13.3. The molecule has 28 heavy (non-hydrogen) atoms. The molecule has 1 N–H and O–H groups in total. The van der Waals surface area contributed by atoms with E-state index in [1.165, 1.54) is 31.7 Å². The van der Waals surface area contributed by atoms with E-state index in [0.717, 1.165) is 18.7 Å². The third-order valence-electron chi connectivity index (χ3n) is 5.16. The maximum Gasteiger partial charge on any atom is 0.244 e. The first kappa shape index (κ1) is 21.0. The van der Waals surface area contributed by atoms with Crippen LogP contribution < -0.4 is 14.4 Å². The van der Waals surface area contributed by atoms with E-state index < -0.39 is 10.0 Å². The molecule has 3 rings (SSSR count). The molecule has 1 aliphatic rings. The van der Waals surface area contributed by atoms with E-state index in [0.29, 0.717) is 10.9 Å². The van der Waals surface area contributed by atoms with Crippen LogP contribution in [-0.2, 0) is 10.0 Å². The summed E-state index contributed by atoms with van der Waals surface area (Å²) in [6.07, 6.45) is 2.49. The molecule has 152 valence electrons. The van der Waals surface area contributed by atoms with Crippen molar-refractivity contribution >= 4 is 27.3 Å². The third kappa shape index (κ3) is 4.80. The summed E-state index contributed by atoms with van der Waals surface area (Å²) < 4.78 is 33.6. The van der Waals surface area contributed by atoms with Gasteiger partial charge in [-0.25, -0.2) is 13.1 Å². The fraction of sp³-hybridized carbons (Fsp3) is 0.429. The molecule has 0 saturated carbocycles. The van der Waals surface area contributed by atoms with Crippen molar-refractivity contribution in [1.82, 2.24) is 4.72 Å². The average molecular weight is 423 g/mol. The molecule has 1 aliphatic heterocycles. The van der Waals surface area contributed by atoms with E-state index in [9.17, 15) is 8.42 Å². The Morgan fingerprint density at radius 3 is 2.57 bits per heavy atom. The molecule has 5 nitrogen and oxygen atoms in total. The quantitative estimate of drug-likeness (QED) is 0.737. The lowest BCUT2D eigenvalue weighted by molar-refractivity contribution is 0.402. The van der Waals surface area contributed by atoms with Crippen molar-refractivity contribution in [1.29, 1.82) is 0 Å². The van der Waals surface area contributed by atoms with Crippen LogP contribution in [0.3, 0.4) is 0 Å². The summed E-state index contributed by atoms with van der Waals surface area (Å²) in [5.41, 5.74) is 2.08. The Morgan fingerprint density at radius 2 is 1.93 bits per heavy atom. The highest BCUT2D eigenvalue weighted by atomic mass is 35.5. The molecule has 1 fully saturated rings. The molecule has 0 aliphatic carbocycles. The van der Waals surface area contributed by atoms with Crippen molar-refractivity contribution in [2.45, 2.75) is 37.6 Å². The molecule has 0 amide bonds. The Labute approximate surface area is 172 Å². The van der Waals surface area contributed by atoms with E-state index >= 15 is 0 Å². The van der Waals surface area contributed by atoms with Crippen molar-refractivity contribution in [3.8, 4) is 5.75 Å². The monoisotopic (exact) mass is 422 g/mol. The number of halogens is 1. The number of nitrogens with zero attached hydrogens (tertiary/aromatic N) is 1. The van der Waals surface area contributed by atoms with E-state index in [1.54, 1.807) is 12.1 Å². The number of piperidine rings is 1. The van der Waals surface area contributed by atoms with E-state index in [4.69, 9.17) is 16.3 Å². The first-order valence-electron chi connectivity index (χ1n) is 9.51. The van der Waals surface area contributed by atoms with Gasteiger partial charge in [0.2, 0.25) is 10.0 Å². The van der Waals surface area contributed by atoms with Crippen LogP contribution in [0.15, 0.2) is 47.4 Å². The summed E-state index contributed by atoms with van der Waals surface area (Å²) in [6.45, 7) is 6.24. The van der Waals surface area contributed by atoms with Gasteiger partial charge in [0.1, 0.15) is 10.6 Å². The van der Waals surface area contributed by atoms with Gasteiger partial charge < -0.3 is 9.64 Å². The normalized spacial score (nSPS) is 18.7. The molecule has 2 aromatic carbocycles. The van der Waals surface area contributed by atoms with Crippen molar-refractivity contribution in [3.05, 3.63) is 53.1 Å². The minimum Gasteiger partial charge on any atom is -0.495 e. The van der Waals surface area contributed by atoms with Crippen LogP contribution >= 0.6 is 11.6 Å². The van der Waals surface area contributed by atoms with Crippen LogP contribution in [-0.4, -0.2) is 28.6 Å². The zero-order valence-electron chi connectivity index (χ0n) is 16.5. The highest BCUT2D eigenvalue weighted by Crippen LogP contribution is 2.29. The summed E-state index contributed by atoms with van der Waals surface area (Å²) in [5, 5.41) is 0.342. The number of hydrogen-bond acceptors (Lipinski definition) is 4. The molecule has 0 unspecified atom stereocenters. The number of methoxy groups -OCH3 is 1. The van der Waals surface area contributed by atoms with Crippen molar-refractivity contribution in [2.24, 2.45) is 5.92 Å². The Hall–Kier alpha value is -1.76. The standard InChI is InChI=1S/C21H27ClN2O3S/c1-15-5-4-12-24(14-15)19-9-6-17(7-10-19)16(2)23-28(25,26)21-13-18(22)8-11-20(21)27-3/h6-11,13,15-16,23H,4-5,12,14H2,1-3H3/t15-,16-/m0/s1. The molecule has 7 heteroatoms. The van der Waals surface area contributed by atoms with Gasteiger partial charge in [0.15, 0.2) is 0 Å². The summed E-state index contributed by atoms with van der Waals surface area (Å²) >= 11 is 5.98. The van der Waals surface area contributed by atoms with E-state index in [1.807, 2.05) is 19.1 Å². The number of ether oxygens (including phenoxy) is 1. The van der Waals surface area contributed by atoms with Gasteiger partial charge in [-0.2, -0.15) is 0 Å². The summed E-state index contributed by atoms with van der Waals surface area (Å²) in [6, 6.07) is 12.3. The molecule has 0 radical (unpaired) electrons. The lowest BCUT2D eigenvalue weighted by Gasteiger charge is -2.33. The fourth-order valence-electron chi connectivity index (χ4n) is 3.62. The zero-order chi connectivity index (χ0) is 20.3. The van der Waals surface area contributed by atoms with Gasteiger partial charge >= 0.3 is 0 Å². The second kappa shape index (κ2) is 8.72. The maximum atomic E-state index is 12.8. The molecule has 2 atom stereocenters. The van der Waals surface area contributed by atoms with Crippen LogP contribution in [0.25, 0.3) is 0 Å². The SMILES string of the molecule is COc1ccc(Cl)cc1S(=O)(=O)N[C@@H](C)c1ccc(N2CCC[C@H](C)C2)cc1. The topological polar surface area (TPSA) is 58.6 Å². The maximum absolute atomic E-state index is 12.8. The van der Waals surface area contributed by atoms with E-state index in [-0.39, 0.29) is 16.7 Å². The molecule has 1 saturated heterocycles. The highest BCUT2D eigenvalue weighted by molar-refractivity contribution is 7.89. The minimum absolute atomic E-state index is 0.0354. The first-order valence-corrected chi connectivity index (χ1v) is 11.4. The Bertz CT molecular complexity index is 916. The second-order valence-electron chi connectivity index (χ2n) is 7.42. The molecular formula is C21H27ClN2O3S. The third-order valence-corrected chi connectivity index (χ3v) is 6.96. The molecule has 0 bridgehead atoms. The predicted molar refractivity (Wildman–Crippen MR) is 114 cm³/mol. The van der Waals surface area contributed by atoms with Crippen molar-refractivity contribution < 1.29 is 13.2 Å². The second-order valence-corrected chi connectivity index (χ2v) is 9.54. The van der Waals surface area contributed by atoms with Gasteiger partial charge in [-0.1, -0.05) is 30.7 Å².